The molecule has 2 atom stereocenters. The Morgan fingerprint density at radius 2 is 2.15 bits per heavy atom. The summed E-state index contributed by atoms with van der Waals surface area (Å²) in [6.45, 7) is 2.11. The molecule has 0 saturated carbocycles. The van der Waals surface area contributed by atoms with Crippen molar-refractivity contribution in [2.75, 3.05) is 5.32 Å². The maximum atomic E-state index is 12.3. The topological polar surface area (TPSA) is 41.1 Å². The third-order valence-corrected chi connectivity index (χ3v) is 4.77. The number of nitrogens with one attached hydrogen (secondary N) is 2. The highest BCUT2D eigenvalue weighted by atomic mass is 32.1. The minimum atomic E-state index is -0.139. The number of fused-ring (bicyclic) bond motifs is 1. The van der Waals surface area contributed by atoms with Crippen molar-refractivity contribution in [3.8, 4) is 0 Å². The summed E-state index contributed by atoms with van der Waals surface area (Å²) in [5, 5.41) is 8.54. The van der Waals surface area contributed by atoms with Crippen molar-refractivity contribution in [2.45, 2.75) is 31.8 Å². The molecule has 104 valence electrons. The van der Waals surface area contributed by atoms with E-state index in [1.165, 1.54) is 10.4 Å². The lowest BCUT2D eigenvalue weighted by molar-refractivity contribution is -0.118. The number of carbonyl (C=O) groups is 1. The second kappa shape index (κ2) is 5.77. The molecule has 0 radical (unpaired) electrons. The molecule has 2 heterocycles. The number of carbonyl (C=O) groups excluding carboxylic acids is 1. The monoisotopic (exact) mass is 286 g/mol. The SMILES string of the molecule is CC(NC1CCc2ccccc2NC1=O)c1cccs1. The molecule has 0 aliphatic carbocycles. The van der Waals surface area contributed by atoms with E-state index < -0.39 is 0 Å². The molecule has 1 aromatic carbocycles. The molecule has 3 rings (SSSR count). The van der Waals surface area contributed by atoms with Crippen molar-refractivity contribution in [3.63, 3.8) is 0 Å². The van der Waals surface area contributed by atoms with Crippen LogP contribution in [0.3, 0.4) is 0 Å². The molecule has 2 N–H and O–H groups in total. The molecular weight excluding hydrogens is 268 g/mol. The molecule has 1 amide bonds. The van der Waals surface area contributed by atoms with Crippen molar-refractivity contribution in [1.82, 2.24) is 5.32 Å². The van der Waals surface area contributed by atoms with Crippen LogP contribution >= 0.6 is 11.3 Å². The third-order valence-electron chi connectivity index (χ3n) is 3.72. The number of benzene rings is 1. The molecule has 1 aliphatic heterocycles. The van der Waals surface area contributed by atoms with Gasteiger partial charge in [-0.1, -0.05) is 24.3 Å². The molecule has 0 spiro atoms. The van der Waals surface area contributed by atoms with Crippen molar-refractivity contribution in [1.29, 1.82) is 0 Å². The van der Waals surface area contributed by atoms with Gasteiger partial charge in [0.1, 0.15) is 0 Å². The van der Waals surface area contributed by atoms with Crippen LogP contribution in [0.25, 0.3) is 0 Å². The molecule has 1 aliphatic rings. The number of thiophene rings is 1. The lowest BCUT2D eigenvalue weighted by atomic mass is 10.1. The largest absolute Gasteiger partial charge is 0.324 e. The number of aryl methyl sites for hydroxylation is 1. The standard InChI is InChI=1S/C16H18N2OS/c1-11(15-7-4-10-20-15)17-14-9-8-12-5-2-3-6-13(12)18-16(14)19/h2-7,10-11,14,17H,8-9H2,1H3,(H,18,19). The third kappa shape index (κ3) is 2.76. The Bertz CT molecular complexity index is 594. The predicted molar refractivity (Wildman–Crippen MR) is 83.1 cm³/mol. The molecule has 0 saturated heterocycles. The smallest absolute Gasteiger partial charge is 0.241 e. The number of hydrogen-bond donors (Lipinski definition) is 2. The van der Waals surface area contributed by atoms with Crippen LogP contribution in [-0.2, 0) is 11.2 Å². The highest BCUT2D eigenvalue weighted by Gasteiger charge is 2.25. The second-order valence-corrected chi connectivity index (χ2v) is 6.12. The molecule has 3 nitrogen and oxygen atoms in total. The zero-order valence-electron chi connectivity index (χ0n) is 11.4. The summed E-state index contributed by atoms with van der Waals surface area (Å²) < 4.78 is 0. The Labute approximate surface area is 123 Å². The van der Waals surface area contributed by atoms with Crippen LogP contribution in [0.15, 0.2) is 41.8 Å². The van der Waals surface area contributed by atoms with E-state index in [2.05, 4.69) is 35.1 Å². The first-order chi connectivity index (χ1) is 9.74. The molecule has 0 fully saturated rings. The molecule has 2 aromatic rings. The first-order valence-electron chi connectivity index (χ1n) is 6.92. The van der Waals surface area contributed by atoms with Gasteiger partial charge >= 0.3 is 0 Å². The van der Waals surface area contributed by atoms with Gasteiger partial charge in [0.15, 0.2) is 0 Å². The highest BCUT2D eigenvalue weighted by molar-refractivity contribution is 7.10. The van der Waals surface area contributed by atoms with Crippen LogP contribution in [0.1, 0.15) is 29.8 Å². The average molecular weight is 286 g/mol. The minimum absolute atomic E-state index is 0.0679. The van der Waals surface area contributed by atoms with E-state index in [4.69, 9.17) is 0 Å². The molecule has 20 heavy (non-hydrogen) atoms. The van der Waals surface area contributed by atoms with Crippen LogP contribution in [0.2, 0.25) is 0 Å². The lowest BCUT2D eigenvalue weighted by Crippen LogP contribution is -2.40. The maximum Gasteiger partial charge on any atom is 0.241 e. The summed E-state index contributed by atoms with van der Waals surface area (Å²) >= 11 is 1.72. The Hall–Kier alpha value is -1.65. The molecule has 1 aromatic heterocycles. The first kappa shape index (κ1) is 13.3. The fourth-order valence-electron chi connectivity index (χ4n) is 2.59. The van der Waals surface area contributed by atoms with Gasteiger partial charge in [-0.15, -0.1) is 11.3 Å². The second-order valence-electron chi connectivity index (χ2n) is 5.14. The van der Waals surface area contributed by atoms with Crippen LogP contribution in [0.4, 0.5) is 5.69 Å². The summed E-state index contributed by atoms with van der Waals surface area (Å²) in [4.78, 5) is 13.6. The summed E-state index contributed by atoms with van der Waals surface area (Å²) in [5.74, 6) is 0.0679. The van der Waals surface area contributed by atoms with Crippen molar-refractivity contribution >= 4 is 22.9 Å². The molecule has 2 unspecified atom stereocenters. The van der Waals surface area contributed by atoms with Crippen LogP contribution in [-0.4, -0.2) is 11.9 Å². The molecular formula is C16H18N2OS. The molecule has 4 heteroatoms. The average Bonchev–Trinajstić information content (AvgIpc) is 2.93. The normalized spacial score (nSPS) is 19.9. The number of para-hydroxylation sites is 1. The zero-order chi connectivity index (χ0) is 13.9. The van der Waals surface area contributed by atoms with Gasteiger partial charge in [-0.2, -0.15) is 0 Å². The van der Waals surface area contributed by atoms with Gasteiger partial charge in [0, 0.05) is 16.6 Å². The minimum Gasteiger partial charge on any atom is -0.324 e. The maximum absolute atomic E-state index is 12.3. The van der Waals surface area contributed by atoms with Crippen LogP contribution < -0.4 is 10.6 Å². The van der Waals surface area contributed by atoms with Gasteiger partial charge in [-0.3, -0.25) is 10.1 Å². The summed E-state index contributed by atoms with van der Waals surface area (Å²) in [6, 6.07) is 12.2. The Morgan fingerprint density at radius 3 is 2.95 bits per heavy atom. The Kier molecular flexibility index (Phi) is 3.85. The van der Waals surface area contributed by atoms with E-state index in [9.17, 15) is 4.79 Å². The zero-order valence-corrected chi connectivity index (χ0v) is 12.2. The fourth-order valence-corrected chi connectivity index (χ4v) is 3.34. The number of amides is 1. The van der Waals surface area contributed by atoms with E-state index in [0.29, 0.717) is 0 Å². The number of hydrogen-bond acceptors (Lipinski definition) is 3. The number of rotatable bonds is 3. The highest BCUT2D eigenvalue weighted by Crippen LogP contribution is 2.24. The summed E-state index contributed by atoms with van der Waals surface area (Å²) in [7, 11) is 0. The van der Waals surface area contributed by atoms with Crippen molar-refractivity contribution in [2.24, 2.45) is 0 Å². The summed E-state index contributed by atoms with van der Waals surface area (Å²) in [6.07, 6.45) is 1.75. The van der Waals surface area contributed by atoms with E-state index >= 15 is 0 Å². The van der Waals surface area contributed by atoms with Crippen LogP contribution in [0.5, 0.6) is 0 Å². The van der Waals surface area contributed by atoms with Gasteiger partial charge in [0.05, 0.1) is 6.04 Å². The quantitative estimate of drug-likeness (QED) is 0.908. The van der Waals surface area contributed by atoms with E-state index in [0.717, 1.165) is 18.5 Å². The fraction of sp³-hybridized carbons (Fsp3) is 0.312. The van der Waals surface area contributed by atoms with Gasteiger partial charge < -0.3 is 5.32 Å². The van der Waals surface area contributed by atoms with Gasteiger partial charge in [0.2, 0.25) is 5.91 Å². The van der Waals surface area contributed by atoms with Gasteiger partial charge in [-0.05, 0) is 42.8 Å². The van der Waals surface area contributed by atoms with Gasteiger partial charge in [0.25, 0.3) is 0 Å². The first-order valence-corrected chi connectivity index (χ1v) is 7.80. The van der Waals surface area contributed by atoms with Crippen molar-refractivity contribution < 1.29 is 4.79 Å². The van der Waals surface area contributed by atoms with Crippen molar-refractivity contribution in [3.05, 3.63) is 52.2 Å². The summed E-state index contributed by atoms with van der Waals surface area (Å²) in [5.41, 5.74) is 2.17. The van der Waals surface area contributed by atoms with E-state index in [1.54, 1.807) is 11.3 Å². The number of anilines is 1. The lowest BCUT2D eigenvalue weighted by Gasteiger charge is -2.20. The van der Waals surface area contributed by atoms with Crippen LogP contribution in [0, 0.1) is 0 Å². The van der Waals surface area contributed by atoms with E-state index in [1.807, 2.05) is 24.3 Å². The Morgan fingerprint density at radius 1 is 1.30 bits per heavy atom. The molecule has 0 bridgehead atoms. The van der Waals surface area contributed by atoms with E-state index in [-0.39, 0.29) is 18.0 Å². The Balaban J connectivity index is 1.72. The predicted octanol–water partition coefficient (Wildman–Crippen LogP) is 3.35. The van der Waals surface area contributed by atoms with Gasteiger partial charge in [-0.25, -0.2) is 0 Å².